The van der Waals surface area contributed by atoms with Gasteiger partial charge in [0.2, 0.25) is 5.95 Å². The number of rotatable bonds is 4. The highest BCUT2D eigenvalue weighted by Gasteiger charge is 2.21. The summed E-state index contributed by atoms with van der Waals surface area (Å²) in [6.07, 6.45) is 2.32. The van der Waals surface area contributed by atoms with E-state index in [2.05, 4.69) is 41.4 Å². The molecule has 2 N–H and O–H groups in total. The van der Waals surface area contributed by atoms with Gasteiger partial charge in [0.15, 0.2) is 11.5 Å². The van der Waals surface area contributed by atoms with E-state index in [0.717, 1.165) is 29.8 Å². The van der Waals surface area contributed by atoms with Crippen LogP contribution in [0.5, 0.6) is 0 Å². The van der Waals surface area contributed by atoms with Crippen LogP contribution in [0.3, 0.4) is 0 Å². The monoisotopic (exact) mass is 461 g/mol. The van der Waals surface area contributed by atoms with Crippen LogP contribution in [0.15, 0.2) is 41.3 Å². The summed E-state index contributed by atoms with van der Waals surface area (Å²) < 4.78 is 18.1. The van der Waals surface area contributed by atoms with Gasteiger partial charge in [0.25, 0.3) is 5.56 Å². The lowest BCUT2D eigenvalue weighted by molar-refractivity contribution is 0.545. The van der Waals surface area contributed by atoms with Crippen molar-refractivity contribution in [2.45, 2.75) is 52.6 Å². The summed E-state index contributed by atoms with van der Waals surface area (Å²) >= 11 is 0. The van der Waals surface area contributed by atoms with Crippen molar-refractivity contribution in [2.24, 2.45) is 0 Å². The van der Waals surface area contributed by atoms with Crippen LogP contribution in [-0.4, -0.2) is 30.9 Å². The van der Waals surface area contributed by atoms with Crippen LogP contribution in [0.4, 0.5) is 16.0 Å². The van der Waals surface area contributed by atoms with Crippen molar-refractivity contribution in [3.05, 3.63) is 69.5 Å². The number of halogens is 1. The largest absolute Gasteiger partial charge is 0.322 e. The molecule has 4 aromatic rings. The molecule has 0 unspecified atom stereocenters. The first-order valence-electron chi connectivity index (χ1n) is 11.5. The quantitative estimate of drug-likeness (QED) is 0.480. The first kappa shape index (κ1) is 22.2. The number of aromatic nitrogens is 5. The molecule has 0 amide bonds. The minimum Gasteiger partial charge on any atom is -0.322 e. The predicted molar refractivity (Wildman–Crippen MR) is 130 cm³/mol. The van der Waals surface area contributed by atoms with E-state index in [1.807, 2.05) is 31.2 Å². The van der Waals surface area contributed by atoms with Gasteiger partial charge in [0, 0.05) is 30.4 Å². The van der Waals surface area contributed by atoms with Crippen molar-refractivity contribution in [2.75, 3.05) is 11.9 Å². The highest BCUT2D eigenvalue weighted by atomic mass is 19.1. The van der Waals surface area contributed by atoms with Gasteiger partial charge >= 0.3 is 0 Å². The third-order valence-corrected chi connectivity index (χ3v) is 6.12. The third kappa shape index (κ3) is 3.86. The van der Waals surface area contributed by atoms with E-state index in [-0.39, 0.29) is 22.7 Å². The average Bonchev–Trinajstić information content (AvgIpc) is 3.10. The summed E-state index contributed by atoms with van der Waals surface area (Å²) in [5.74, 6) is 0.446. The molecular weight excluding hydrogens is 433 g/mol. The molecule has 0 fully saturated rings. The van der Waals surface area contributed by atoms with Gasteiger partial charge in [0.1, 0.15) is 11.2 Å². The lowest BCUT2D eigenvalue weighted by atomic mass is 9.92. The van der Waals surface area contributed by atoms with Gasteiger partial charge in [-0.25, -0.2) is 23.7 Å². The average molecular weight is 462 g/mol. The van der Waals surface area contributed by atoms with Crippen LogP contribution in [0.25, 0.3) is 16.9 Å². The third-order valence-electron chi connectivity index (χ3n) is 6.12. The van der Waals surface area contributed by atoms with Crippen molar-refractivity contribution < 1.29 is 4.39 Å². The summed E-state index contributed by atoms with van der Waals surface area (Å²) in [5, 5.41) is 6.65. The van der Waals surface area contributed by atoms with Crippen molar-refractivity contribution in [3.8, 4) is 5.82 Å². The molecule has 0 saturated carbocycles. The van der Waals surface area contributed by atoms with E-state index in [1.54, 1.807) is 15.4 Å². The molecule has 176 valence electrons. The second-order valence-corrected chi connectivity index (χ2v) is 9.55. The molecule has 9 heteroatoms. The second kappa shape index (κ2) is 8.32. The van der Waals surface area contributed by atoms with Crippen molar-refractivity contribution in [1.29, 1.82) is 0 Å². The molecule has 0 bridgehead atoms. The minimum atomic E-state index is -0.366. The van der Waals surface area contributed by atoms with Gasteiger partial charge in [0.05, 0.1) is 5.69 Å². The van der Waals surface area contributed by atoms with Crippen LogP contribution in [0.2, 0.25) is 0 Å². The fourth-order valence-electron chi connectivity index (χ4n) is 4.28. The van der Waals surface area contributed by atoms with Crippen molar-refractivity contribution in [1.82, 2.24) is 29.6 Å². The highest BCUT2D eigenvalue weighted by Crippen LogP contribution is 2.26. The Morgan fingerprint density at radius 3 is 2.76 bits per heavy atom. The Morgan fingerprint density at radius 2 is 2.00 bits per heavy atom. The van der Waals surface area contributed by atoms with Gasteiger partial charge < -0.3 is 10.6 Å². The van der Waals surface area contributed by atoms with Crippen molar-refractivity contribution in [3.63, 3.8) is 0 Å². The van der Waals surface area contributed by atoms with Gasteiger partial charge in [-0.2, -0.15) is 4.98 Å². The fraction of sp³-hybridized carbons (Fsp3) is 0.360. The SMILES string of the molecule is CCn1c(=O)c2cnc(Nc3cc4c(cc3F)CNCC4)nc2n1-c1cccc(C(C)(C)C)n1. The maximum Gasteiger partial charge on any atom is 0.278 e. The smallest absolute Gasteiger partial charge is 0.278 e. The van der Waals surface area contributed by atoms with Crippen LogP contribution in [0, 0.1) is 5.82 Å². The number of hydrogen-bond acceptors (Lipinski definition) is 6. The Hall–Kier alpha value is -3.59. The van der Waals surface area contributed by atoms with E-state index in [0.29, 0.717) is 35.6 Å². The summed E-state index contributed by atoms with van der Waals surface area (Å²) in [6.45, 7) is 10.1. The molecule has 1 aliphatic heterocycles. The maximum absolute atomic E-state index is 14.8. The van der Waals surface area contributed by atoms with Crippen LogP contribution >= 0.6 is 0 Å². The first-order chi connectivity index (χ1) is 16.3. The molecule has 8 nitrogen and oxygen atoms in total. The molecular formula is C25H28FN7O. The Bertz CT molecular complexity index is 1450. The number of anilines is 2. The number of hydrogen-bond donors (Lipinski definition) is 2. The molecule has 0 aliphatic carbocycles. The number of nitrogens with one attached hydrogen (secondary N) is 2. The second-order valence-electron chi connectivity index (χ2n) is 9.55. The number of pyridine rings is 1. The summed E-state index contributed by atoms with van der Waals surface area (Å²) in [5.41, 5.74) is 3.35. The topological polar surface area (TPSA) is 89.7 Å². The standard InChI is InChI=1S/C25H28FN7O/c1-5-32-23(34)17-14-28-24(29-19-12-15-9-10-27-13-16(15)11-18(19)26)31-22(17)33(32)21-8-6-7-20(30-21)25(2,3)4/h6-8,11-12,14,27H,5,9-10,13H2,1-4H3,(H,28,29,31). The van der Waals surface area contributed by atoms with E-state index in [1.165, 1.54) is 6.20 Å². The molecule has 0 saturated heterocycles. The zero-order valence-corrected chi connectivity index (χ0v) is 19.8. The summed E-state index contributed by atoms with van der Waals surface area (Å²) in [6, 6.07) is 9.12. The van der Waals surface area contributed by atoms with Crippen molar-refractivity contribution >= 4 is 22.7 Å². The molecule has 1 aliphatic rings. The van der Waals surface area contributed by atoms with Gasteiger partial charge in [-0.3, -0.25) is 4.79 Å². The molecule has 34 heavy (non-hydrogen) atoms. The van der Waals surface area contributed by atoms with E-state index < -0.39 is 0 Å². The molecule has 5 rings (SSSR count). The van der Waals surface area contributed by atoms with Gasteiger partial charge in [-0.15, -0.1) is 0 Å². The molecule has 3 aromatic heterocycles. The molecule has 0 radical (unpaired) electrons. The molecule has 1 aromatic carbocycles. The van der Waals surface area contributed by atoms with Crippen LogP contribution in [-0.2, 0) is 24.9 Å². The predicted octanol–water partition coefficient (Wildman–Crippen LogP) is 3.82. The van der Waals surface area contributed by atoms with E-state index >= 15 is 0 Å². The zero-order valence-electron chi connectivity index (χ0n) is 19.8. The van der Waals surface area contributed by atoms with Crippen LogP contribution in [0.1, 0.15) is 44.5 Å². The lowest BCUT2D eigenvalue weighted by Gasteiger charge is -2.19. The Balaban J connectivity index is 1.62. The number of nitrogens with zero attached hydrogens (tertiary/aromatic N) is 5. The Morgan fingerprint density at radius 1 is 1.18 bits per heavy atom. The molecule has 4 heterocycles. The highest BCUT2D eigenvalue weighted by molar-refractivity contribution is 5.77. The first-order valence-corrected chi connectivity index (χ1v) is 11.5. The molecule has 0 spiro atoms. The lowest BCUT2D eigenvalue weighted by Crippen LogP contribution is -2.23. The summed E-state index contributed by atoms with van der Waals surface area (Å²) in [7, 11) is 0. The molecule has 0 atom stereocenters. The van der Waals surface area contributed by atoms with Crippen LogP contribution < -0.4 is 16.2 Å². The minimum absolute atomic E-state index is 0.155. The Kier molecular flexibility index (Phi) is 5.44. The maximum atomic E-state index is 14.8. The van der Waals surface area contributed by atoms with E-state index in [4.69, 9.17) is 4.98 Å². The fourth-order valence-corrected chi connectivity index (χ4v) is 4.28. The summed E-state index contributed by atoms with van der Waals surface area (Å²) in [4.78, 5) is 26.8. The van der Waals surface area contributed by atoms with Gasteiger partial charge in [-0.1, -0.05) is 26.8 Å². The van der Waals surface area contributed by atoms with Gasteiger partial charge in [-0.05, 0) is 55.3 Å². The Labute approximate surface area is 196 Å². The zero-order chi connectivity index (χ0) is 24.0. The van der Waals surface area contributed by atoms with E-state index in [9.17, 15) is 9.18 Å². The number of benzene rings is 1. The normalized spacial score (nSPS) is 13.8. The number of fused-ring (bicyclic) bond motifs is 2.